The zero-order chi connectivity index (χ0) is 10.9. The molecule has 0 aromatic carbocycles. The molecule has 1 aliphatic rings. The molecular formula is C12H22O3. The first kappa shape index (κ1) is 12.5. The second kappa shape index (κ2) is 7.69. The van der Waals surface area contributed by atoms with Crippen LogP contribution in [0.5, 0.6) is 0 Å². The smallest absolute Gasteiger partial charge is 0.306 e. The quantitative estimate of drug-likeness (QED) is 0.498. The van der Waals surface area contributed by atoms with Crippen molar-refractivity contribution in [3.05, 3.63) is 0 Å². The van der Waals surface area contributed by atoms with E-state index in [1.807, 2.05) is 0 Å². The number of cyclic esters (lactones) is 1. The molecule has 0 aromatic heterocycles. The van der Waals surface area contributed by atoms with E-state index in [0.717, 1.165) is 32.1 Å². The van der Waals surface area contributed by atoms with Crippen molar-refractivity contribution in [2.24, 2.45) is 0 Å². The maximum Gasteiger partial charge on any atom is 0.306 e. The first-order chi connectivity index (χ1) is 7.33. The molecule has 0 amide bonds. The molecule has 1 atom stereocenters. The van der Waals surface area contributed by atoms with Gasteiger partial charge in [0.15, 0.2) is 0 Å². The van der Waals surface area contributed by atoms with Gasteiger partial charge in [-0.25, -0.2) is 0 Å². The van der Waals surface area contributed by atoms with E-state index in [4.69, 9.17) is 9.84 Å². The minimum Gasteiger partial charge on any atom is -0.462 e. The van der Waals surface area contributed by atoms with E-state index < -0.39 is 0 Å². The molecule has 0 spiro atoms. The third kappa shape index (κ3) is 5.78. The molecule has 1 heterocycles. The minimum atomic E-state index is -0.0251. The molecule has 0 saturated carbocycles. The molecule has 88 valence electrons. The number of ether oxygens (including phenoxy) is 1. The highest BCUT2D eigenvalue weighted by Gasteiger charge is 2.22. The van der Waals surface area contributed by atoms with E-state index in [1.165, 1.54) is 19.3 Å². The van der Waals surface area contributed by atoms with Gasteiger partial charge in [-0.15, -0.1) is 0 Å². The standard InChI is InChI=1S/C12H22O3/c13-10-6-4-2-1-3-5-7-11-8-9-12(14)15-11/h11,13H,1-10H2/t11-/m1/s1. The van der Waals surface area contributed by atoms with Gasteiger partial charge in [0, 0.05) is 13.0 Å². The van der Waals surface area contributed by atoms with E-state index in [-0.39, 0.29) is 12.1 Å². The monoisotopic (exact) mass is 214 g/mol. The number of aliphatic hydroxyl groups is 1. The number of aliphatic hydroxyl groups excluding tert-OH is 1. The average Bonchev–Trinajstić information content (AvgIpc) is 2.63. The van der Waals surface area contributed by atoms with Crippen LogP contribution in [0.4, 0.5) is 0 Å². The Morgan fingerprint density at radius 2 is 1.80 bits per heavy atom. The van der Waals surface area contributed by atoms with Gasteiger partial charge < -0.3 is 9.84 Å². The number of carbonyl (C=O) groups is 1. The fraction of sp³-hybridized carbons (Fsp3) is 0.917. The van der Waals surface area contributed by atoms with Crippen LogP contribution >= 0.6 is 0 Å². The van der Waals surface area contributed by atoms with Crippen LogP contribution in [0.15, 0.2) is 0 Å². The maximum atomic E-state index is 10.8. The Balaban J connectivity index is 1.83. The molecular weight excluding hydrogens is 192 g/mol. The molecule has 1 N–H and O–H groups in total. The summed E-state index contributed by atoms with van der Waals surface area (Å²) in [5, 5.41) is 8.59. The van der Waals surface area contributed by atoms with Crippen LogP contribution in [0.3, 0.4) is 0 Å². The van der Waals surface area contributed by atoms with Crippen molar-refractivity contribution in [3.8, 4) is 0 Å². The lowest BCUT2D eigenvalue weighted by Crippen LogP contribution is -2.06. The Morgan fingerprint density at radius 3 is 2.40 bits per heavy atom. The van der Waals surface area contributed by atoms with Gasteiger partial charge in [0.2, 0.25) is 0 Å². The van der Waals surface area contributed by atoms with Crippen LogP contribution in [0, 0.1) is 0 Å². The van der Waals surface area contributed by atoms with Gasteiger partial charge in [-0.1, -0.05) is 25.7 Å². The first-order valence-corrected chi connectivity index (χ1v) is 6.13. The van der Waals surface area contributed by atoms with Gasteiger partial charge in [0.25, 0.3) is 0 Å². The summed E-state index contributed by atoms with van der Waals surface area (Å²) in [6.07, 6.45) is 9.67. The topological polar surface area (TPSA) is 46.5 Å². The number of esters is 1. The van der Waals surface area contributed by atoms with Crippen molar-refractivity contribution < 1.29 is 14.6 Å². The van der Waals surface area contributed by atoms with Crippen LogP contribution < -0.4 is 0 Å². The number of unbranched alkanes of at least 4 members (excludes halogenated alkanes) is 5. The van der Waals surface area contributed by atoms with Crippen molar-refractivity contribution in [1.82, 2.24) is 0 Å². The molecule has 1 saturated heterocycles. The fourth-order valence-electron chi connectivity index (χ4n) is 1.98. The van der Waals surface area contributed by atoms with E-state index in [1.54, 1.807) is 0 Å². The van der Waals surface area contributed by atoms with Crippen LogP contribution in [0.25, 0.3) is 0 Å². The molecule has 0 unspecified atom stereocenters. The second-order valence-corrected chi connectivity index (χ2v) is 4.28. The predicted molar refractivity (Wildman–Crippen MR) is 58.5 cm³/mol. The normalized spacial score (nSPS) is 20.6. The second-order valence-electron chi connectivity index (χ2n) is 4.28. The van der Waals surface area contributed by atoms with Crippen LogP contribution in [-0.4, -0.2) is 23.8 Å². The zero-order valence-electron chi connectivity index (χ0n) is 9.41. The molecule has 1 rings (SSSR count). The van der Waals surface area contributed by atoms with Crippen LogP contribution in [-0.2, 0) is 9.53 Å². The van der Waals surface area contributed by atoms with Gasteiger partial charge >= 0.3 is 5.97 Å². The van der Waals surface area contributed by atoms with Gasteiger partial charge in [0.05, 0.1) is 0 Å². The third-order valence-corrected chi connectivity index (χ3v) is 2.90. The fourth-order valence-corrected chi connectivity index (χ4v) is 1.98. The first-order valence-electron chi connectivity index (χ1n) is 6.13. The summed E-state index contributed by atoms with van der Waals surface area (Å²) < 4.78 is 5.13. The Morgan fingerprint density at radius 1 is 1.13 bits per heavy atom. The minimum absolute atomic E-state index is 0.0251. The summed E-state index contributed by atoms with van der Waals surface area (Å²) in [5.74, 6) is -0.0251. The number of rotatable bonds is 8. The number of carbonyl (C=O) groups excluding carboxylic acids is 1. The van der Waals surface area contributed by atoms with Crippen LogP contribution in [0.2, 0.25) is 0 Å². The summed E-state index contributed by atoms with van der Waals surface area (Å²) in [6, 6.07) is 0. The Bertz CT molecular complexity index is 180. The molecule has 0 aromatic rings. The van der Waals surface area contributed by atoms with Crippen molar-refractivity contribution in [3.63, 3.8) is 0 Å². The summed E-state index contributed by atoms with van der Waals surface area (Å²) in [5.41, 5.74) is 0. The highest BCUT2D eigenvalue weighted by molar-refractivity contribution is 5.71. The van der Waals surface area contributed by atoms with Gasteiger partial charge in [-0.3, -0.25) is 4.79 Å². The SMILES string of the molecule is O=C1CC[C@@H](CCCCCCCCO)O1. The Kier molecular flexibility index (Phi) is 6.41. The molecule has 1 aliphatic heterocycles. The summed E-state index contributed by atoms with van der Waals surface area (Å²) in [4.78, 5) is 10.8. The largest absolute Gasteiger partial charge is 0.462 e. The summed E-state index contributed by atoms with van der Waals surface area (Å²) in [6.45, 7) is 0.317. The summed E-state index contributed by atoms with van der Waals surface area (Å²) >= 11 is 0. The molecule has 3 nitrogen and oxygen atoms in total. The number of hydrogen-bond acceptors (Lipinski definition) is 3. The number of hydrogen-bond donors (Lipinski definition) is 1. The van der Waals surface area contributed by atoms with E-state index in [2.05, 4.69) is 0 Å². The van der Waals surface area contributed by atoms with E-state index in [0.29, 0.717) is 13.0 Å². The molecule has 0 bridgehead atoms. The third-order valence-electron chi connectivity index (χ3n) is 2.90. The molecule has 1 fully saturated rings. The zero-order valence-corrected chi connectivity index (χ0v) is 9.41. The van der Waals surface area contributed by atoms with Crippen molar-refractivity contribution >= 4 is 5.97 Å². The molecule has 0 radical (unpaired) electrons. The van der Waals surface area contributed by atoms with Crippen LogP contribution in [0.1, 0.15) is 57.8 Å². The van der Waals surface area contributed by atoms with Gasteiger partial charge in [-0.05, 0) is 25.7 Å². The van der Waals surface area contributed by atoms with E-state index in [9.17, 15) is 4.79 Å². The van der Waals surface area contributed by atoms with Gasteiger partial charge in [-0.2, -0.15) is 0 Å². The highest BCUT2D eigenvalue weighted by Crippen LogP contribution is 2.19. The molecule has 0 aliphatic carbocycles. The maximum absolute atomic E-state index is 10.8. The Labute approximate surface area is 91.8 Å². The average molecular weight is 214 g/mol. The molecule has 15 heavy (non-hydrogen) atoms. The lowest BCUT2D eigenvalue weighted by molar-refractivity contribution is -0.141. The van der Waals surface area contributed by atoms with Gasteiger partial charge in [0.1, 0.15) is 6.10 Å². The van der Waals surface area contributed by atoms with E-state index >= 15 is 0 Å². The molecule has 3 heteroatoms. The summed E-state index contributed by atoms with van der Waals surface area (Å²) in [7, 11) is 0. The predicted octanol–water partition coefficient (Wildman–Crippen LogP) is 2.42. The lowest BCUT2D eigenvalue weighted by atomic mass is 10.1. The van der Waals surface area contributed by atoms with Crippen molar-refractivity contribution in [2.75, 3.05) is 6.61 Å². The Hall–Kier alpha value is -0.570. The highest BCUT2D eigenvalue weighted by atomic mass is 16.5. The lowest BCUT2D eigenvalue weighted by Gasteiger charge is -2.08. The van der Waals surface area contributed by atoms with Crippen molar-refractivity contribution in [2.45, 2.75) is 63.9 Å². The van der Waals surface area contributed by atoms with Crippen molar-refractivity contribution in [1.29, 1.82) is 0 Å².